The van der Waals surface area contributed by atoms with Crippen molar-refractivity contribution in [3.8, 4) is 0 Å². The molecule has 0 atom stereocenters. The van der Waals surface area contributed by atoms with E-state index in [1.165, 1.54) is 6.07 Å². The van der Waals surface area contributed by atoms with E-state index >= 15 is 0 Å². The summed E-state index contributed by atoms with van der Waals surface area (Å²) in [5, 5.41) is 12.0. The van der Waals surface area contributed by atoms with E-state index in [2.05, 4.69) is 5.32 Å². The maximum atomic E-state index is 12.0. The van der Waals surface area contributed by atoms with Crippen molar-refractivity contribution in [3.05, 3.63) is 20.3 Å². The Morgan fingerprint density at radius 1 is 1.37 bits per heavy atom. The Morgan fingerprint density at radius 2 is 2.00 bits per heavy atom. The van der Waals surface area contributed by atoms with Crippen molar-refractivity contribution in [2.75, 3.05) is 6.54 Å². The first-order valence-electron chi connectivity index (χ1n) is 5.91. The molecule has 0 unspecified atom stereocenters. The highest BCUT2D eigenvalue weighted by molar-refractivity contribution is 7.20. The van der Waals surface area contributed by atoms with Gasteiger partial charge in [0.15, 0.2) is 0 Å². The van der Waals surface area contributed by atoms with Crippen LogP contribution in [0.15, 0.2) is 6.07 Å². The van der Waals surface area contributed by atoms with E-state index in [4.69, 9.17) is 23.2 Å². The van der Waals surface area contributed by atoms with Gasteiger partial charge in [-0.05, 0) is 18.9 Å². The van der Waals surface area contributed by atoms with Gasteiger partial charge in [-0.25, -0.2) is 0 Å². The van der Waals surface area contributed by atoms with Crippen LogP contribution < -0.4 is 5.32 Å². The van der Waals surface area contributed by atoms with Crippen LogP contribution in [0.1, 0.15) is 36.0 Å². The number of halogens is 2. The van der Waals surface area contributed by atoms with E-state index in [1.54, 1.807) is 0 Å². The quantitative estimate of drug-likeness (QED) is 0.892. The lowest BCUT2D eigenvalue weighted by molar-refractivity contribution is -0.148. The summed E-state index contributed by atoms with van der Waals surface area (Å²) in [5.74, 6) is -1.22. The van der Waals surface area contributed by atoms with E-state index in [0.717, 1.165) is 24.2 Å². The monoisotopic (exact) mass is 321 g/mol. The highest BCUT2D eigenvalue weighted by Crippen LogP contribution is 2.38. The SMILES string of the molecule is O=C(NCC1(C(=O)O)CCCC1)c1cc(Cl)sc1Cl. The fourth-order valence-electron chi connectivity index (χ4n) is 2.36. The normalized spacial score (nSPS) is 17.4. The van der Waals surface area contributed by atoms with Crippen molar-refractivity contribution in [1.82, 2.24) is 5.32 Å². The average molecular weight is 322 g/mol. The standard InChI is InChI=1S/C12H13Cl2NO3S/c13-8-5-7(9(14)19-8)10(16)15-6-12(11(17)18)3-1-2-4-12/h5H,1-4,6H2,(H,15,16)(H,17,18). The predicted octanol–water partition coefficient (Wildman–Crippen LogP) is 3.43. The first-order valence-corrected chi connectivity index (χ1v) is 7.48. The van der Waals surface area contributed by atoms with Crippen LogP contribution in [0.25, 0.3) is 0 Å². The Hall–Kier alpha value is -0.780. The molecule has 7 heteroatoms. The summed E-state index contributed by atoms with van der Waals surface area (Å²) in [4.78, 5) is 23.3. The lowest BCUT2D eigenvalue weighted by atomic mass is 9.86. The largest absolute Gasteiger partial charge is 0.481 e. The molecule has 1 heterocycles. The van der Waals surface area contributed by atoms with Crippen molar-refractivity contribution >= 4 is 46.4 Å². The predicted molar refractivity (Wildman–Crippen MR) is 75.2 cm³/mol. The van der Waals surface area contributed by atoms with Gasteiger partial charge in [-0.1, -0.05) is 36.0 Å². The summed E-state index contributed by atoms with van der Waals surface area (Å²) in [7, 11) is 0. The Labute approximate surface area is 124 Å². The minimum absolute atomic E-state index is 0.130. The number of rotatable bonds is 4. The van der Waals surface area contributed by atoms with Crippen LogP contribution in [-0.2, 0) is 4.79 Å². The summed E-state index contributed by atoms with van der Waals surface area (Å²) in [6.45, 7) is 0.130. The van der Waals surface area contributed by atoms with Crippen LogP contribution in [0.4, 0.5) is 0 Å². The molecule has 1 aliphatic carbocycles. The van der Waals surface area contributed by atoms with Crippen molar-refractivity contribution in [3.63, 3.8) is 0 Å². The fraction of sp³-hybridized carbons (Fsp3) is 0.500. The Morgan fingerprint density at radius 3 is 2.47 bits per heavy atom. The number of hydrogen-bond acceptors (Lipinski definition) is 3. The van der Waals surface area contributed by atoms with Crippen LogP contribution in [0.2, 0.25) is 8.67 Å². The van der Waals surface area contributed by atoms with E-state index in [1.807, 2.05) is 0 Å². The highest BCUT2D eigenvalue weighted by Gasteiger charge is 2.41. The number of amides is 1. The van der Waals surface area contributed by atoms with Gasteiger partial charge in [0.05, 0.1) is 15.3 Å². The second-order valence-corrected chi connectivity index (χ2v) is 7.00. The van der Waals surface area contributed by atoms with E-state index in [0.29, 0.717) is 27.1 Å². The number of carbonyl (C=O) groups is 2. The second kappa shape index (κ2) is 5.69. The minimum atomic E-state index is -0.847. The van der Waals surface area contributed by atoms with Crippen LogP contribution in [-0.4, -0.2) is 23.5 Å². The highest BCUT2D eigenvalue weighted by atomic mass is 35.5. The third-order valence-electron chi connectivity index (χ3n) is 3.50. The van der Waals surface area contributed by atoms with Crippen molar-refractivity contribution in [2.24, 2.45) is 5.41 Å². The molecule has 0 spiro atoms. The van der Waals surface area contributed by atoms with Gasteiger partial charge in [-0.15, -0.1) is 11.3 Å². The molecule has 1 aromatic rings. The molecular weight excluding hydrogens is 309 g/mol. The van der Waals surface area contributed by atoms with Crippen LogP contribution >= 0.6 is 34.5 Å². The number of hydrogen-bond donors (Lipinski definition) is 2. The molecule has 0 saturated heterocycles. The van der Waals surface area contributed by atoms with Gasteiger partial charge in [0, 0.05) is 6.54 Å². The summed E-state index contributed by atoms with van der Waals surface area (Å²) in [5.41, 5.74) is -0.530. The zero-order valence-corrected chi connectivity index (χ0v) is 12.4. The molecule has 1 aliphatic rings. The molecule has 0 bridgehead atoms. The first-order chi connectivity index (χ1) is 8.94. The minimum Gasteiger partial charge on any atom is -0.481 e. The molecule has 19 heavy (non-hydrogen) atoms. The van der Waals surface area contributed by atoms with Gasteiger partial charge >= 0.3 is 5.97 Å². The van der Waals surface area contributed by atoms with Gasteiger partial charge in [0.2, 0.25) is 0 Å². The van der Waals surface area contributed by atoms with Crippen LogP contribution in [0.5, 0.6) is 0 Å². The smallest absolute Gasteiger partial charge is 0.311 e. The molecule has 1 aromatic heterocycles. The van der Waals surface area contributed by atoms with E-state index < -0.39 is 11.4 Å². The Bertz CT molecular complexity index is 509. The van der Waals surface area contributed by atoms with Gasteiger partial charge in [0.25, 0.3) is 5.91 Å². The maximum Gasteiger partial charge on any atom is 0.311 e. The zero-order valence-electron chi connectivity index (χ0n) is 10.0. The van der Waals surface area contributed by atoms with Crippen LogP contribution in [0, 0.1) is 5.41 Å². The van der Waals surface area contributed by atoms with Crippen LogP contribution in [0.3, 0.4) is 0 Å². The Balaban J connectivity index is 2.04. The molecule has 0 radical (unpaired) electrons. The number of carboxylic acid groups (broad SMARTS) is 1. The van der Waals surface area contributed by atoms with Gasteiger partial charge < -0.3 is 10.4 Å². The molecule has 1 fully saturated rings. The number of thiophene rings is 1. The number of nitrogens with one attached hydrogen (secondary N) is 1. The molecule has 104 valence electrons. The number of carbonyl (C=O) groups excluding carboxylic acids is 1. The average Bonchev–Trinajstić information content (AvgIpc) is 2.94. The summed E-state index contributed by atoms with van der Waals surface area (Å²) in [6.07, 6.45) is 2.96. The van der Waals surface area contributed by atoms with Gasteiger partial charge in [0.1, 0.15) is 4.34 Å². The maximum absolute atomic E-state index is 12.0. The second-order valence-electron chi connectivity index (χ2n) is 4.71. The first kappa shape index (κ1) is 14.6. The van der Waals surface area contributed by atoms with Gasteiger partial charge in [-0.2, -0.15) is 0 Å². The third kappa shape index (κ3) is 3.04. The number of aliphatic carboxylic acids is 1. The van der Waals surface area contributed by atoms with E-state index in [9.17, 15) is 14.7 Å². The Kier molecular flexibility index (Phi) is 4.38. The zero-order chi connectivity index (χ0) is 14.0. The summed E-state index contributed by atoms with van der Waals surface area (Å²) < 4.78 is 0.752. The molecule has 0 aromatic carbocycles. The van der Waals surface area contributed by atoms with Crippen molar-refractivity contribution < 1.29 is 14.7 Å². The lowest BCUT2D eigenvalue weighted by Gasteiger charge is -2.23. The molecule has 2 rings (SSSR count). The summed E-state index contributed by atoms with van der Waals surface area (Å²) >= 11 is 12.8. The van der Waals surface area contributed by atoms with E-state index in [-0.39, 0.29) is 12.5 Å². The van der Waals surface area contributed by atoms with Crippen molar-refractivity contribution in [2.45, 2.75) is 25.7 Å². The molecule has 1 amide bonds. The molecule has 1 saturated carbocycles. The topological polar surface area (TPSA) is 66.4 Å². The molecule has 4 nitrogen and oxygen atoms in total. The molecular formula is C12H13Cl2NO3S. The molecule has 0 aliphatic heterocycles. The third-order valence-corrected chi connectivity index (χ3v) is 4.99. The number of carboxylic acids is 1. The fourth-order valence-corrected chi connectivity index (χ4v) is 3.82. The van der Waals surface area contributed by atoms with Crippen molar-refractivity contribution in [1.29, 1.82) is 0 Å². The summed E-state index contributed by atoms with van der Waals surface area (Å²) in [6, 6.07) is 1.49. The van der Waals surface area contributed by atoms with Gasteiger partial charge in [-0.3, -0.25) is 9.59 Å². The molecule has 2 N–H and O–H groups in total. The lowest BCUT2D eigenvalue weighted by Crippen LogP contribution is -2.41.